The van der Waals surface area contributed by atoms with Gasteiger partial charge in [-0.2, -0.15) is 0 Å². The van der Waals surface area contributed by atoms with Gasteiger partial charge in [0.1, 0.15) is 0 Å². The van der Waals surface area contributed by atoms with Crippen molar-refractivity contribution >= 4 is 38.9 Å². The zero-order chi connectivity index (χ0) is 13.1. The number of thiophene rings is 1. The van der Waals surface area contributed by atoms with Crippen LogP contribution in [0, 0.1) is 0 Å². The first-order valence-corrected chi connectivity index (χ1v) is 7.82. The van der Waals surface area contributed by atoms with Crippen molar-refractivity contribution in [1.29, 1.82) is 0 Å². The molecule has 96 valence electrons. The van der Waals surface area contributed by atoms with Crippen LogP contribution in [0.1, 0.15) is 36.4 Å². The molecule has 0 aliphatic heterocycles. The minimum atomic E-state index is 0.231. The van der Waals surface area contributed by atoms with Gasteiger partial charge >= 0.3 is 0 Å². The number of hydrogen-bond donors (Lipinski definition) is 1. The summed E-state index contributed by atoms with van der Waals surface area (Å²) in [5.41, 5.74) is 1.14. The maximum atomic E-state index is 6.21. The van der Waals surface area contributed by atoms with E-state index in [2.05, 4.69) is 53.3 Å². The fourth-order valence-electron chi connectivity index (χ4n) is 1.93. The van der Waals surface area contributed by atoms with E-state index in [-0.39, 0.29) is 6.04 Å². The second kappa shape index (κ2) is 6.20. The minimum Gasteiger partial charge on any atom is -0.303 e. The largest absolute Gasteiger partial charge is 0.303 e. The van der Waals surface area contributed by atoms with Crippen LogP contribution in [0.2, 0.25) is 5.02 Å². The molecule has 4 heteroatoms. The Labute approximate surface area is 125 Å². The van der Waals surface area contributed by atoms with E-state index in [1.165, 1.54) is 4.88 Å². The second-order valence-electron chi connectivity index (χ2n) is 4.27. The summed E-state index contributed by atoms with van der Waals surface area (Å²) in [4.78, 5) is 1.32. The van der Waals surface area contributed by atoms with E-state index in [1.54, 1.807) is 11.3 Å². The minimum absolute atomic E-state index is 0.231. The predicted octanol–water partition coefficient (Wildman–Crippen LogP) is 5.58. The summed E-state index contributed by atoms with van der Waals surface area (Å²) in [6.45, 7) is 4.31. The molecule has 2 atom stereocenters. The van der Waals surface area contributed by atoms with Gasteiger partial charge in [0.05, 0.1) is 3.79 Å². The number of rotatable bonds is 4. The fourth-order valence-corrected chi connectivity index (χ4v) is 3.67. The topological polar surface area (TPSA) is 12.0 Å². The zero-order valence-corrected chi connectivity index (χ0v) is 13.4. The summed E-state index contributed by atoms with van der Waals surface area (Å²) in [7, 11) is 0. The molecule has 1 heterocycles. The quantitative estimate of drug-likeness (QED) is 0.764. The monoisotopic (exact) mass is 343 g/mol. The Balaban J connectivity index is 2.08. The van der Waals surface area contributed by atoms with Crippen LogP contribution in [-0.2, 0) is 0 Å². The van der Waals surface area contributed by atoms with Crippen LogP contribution in [0.15, 0.2) is 40.2 Å². The summed E-state index contributed by atoms with van der Waals surface area (Å²) in [6, 6.07) is 12.7. The molecular formula is C14H15BrClNS. The molecule has 18 heavy (non-hydrogen) atoms. The first-order chi connectivity index (χ1) is 8.58. The molecular weight excluding hydrogens is 330 g/mol. The molecule has 1 unspecified atom stereocenters. The second-order valence-corrected chi connectivity index (χ2v) is 7.18. The van der Waals surface area contributed by atoms with Crippen LogP contribution in [0.3, 0.4) is 0 Å². The highest BCUT2D eigenvalue weighted by Gasteiger charge is 2.14. The molecule has 0 aliphatic rings. The van der Waals surface area contributed by atoms with Gasteiger partial charge in [0.25, 0.3) is 0 Å². The van der Waals surface area contributed by atoms with Crippen molar-refractivity contribution in [1.82, 2.24) is 5.32 Å². The van der Waals surface area contributed by atoms with E-state index in [0.29, 0.717) is 6.04 Å². The van der Waals surface area contributed by atoms with Crippen LogP contribution < -0.4 is 5.32 Å². The average Bonchev–Trinajstić information content (AvgIpc) is 2.76. The lowest BCUT2D eigenvalue weighted by Gasteiger charge is -2.20. The van der Waals surface area contributed by atoms with Gasteiger partial charge in [-0.05, 0) is 53.5 Å². The average molecular weight is 345 g/mol. The summed E-state index contributed by atoms with van der Waals surface area (Å²) < 4.78 is 1.16. The maximum absolute atomic E-state index is 6.21. The molecule has 0 amide bonds. The highest BCUT2D eigenvalue weighted by atomic mass is 79.9. The highest BCUT2D eigenvalue weighted by molar-refractivity contribution is 9.11. The molecule has 0 spiro atoms. The Morgan fingerprint density at radius 2 is 1.83 bits per heavy atom. The predicted molar refractivity (Wildman–Crippen MR) is 83.4 cm³/mol. The van der Waals surface area contributed by atoms with E-state index in [9.17, 15) is 0 Å². The molecule has 1 N–H and O–H groups in total. The van der Waals surface area contributed by atoms with Crippen LogP contribution in [0.25, 0.3) is 0 Å². The molecule has 0 saturated carbocycles. The van der Waals surface area contributed by atoms with E-state index in [0.717, 1.165) is 14.4 Å². The van der Waals surface area contributed by atoms with E-state index in [4.69, 9.17) is 11.6 Å². The van der Waals surface area contributed by atoms with Crippen molar-refractivity contribution in [2.24, 2.45) is 0 Å². The molecule has 0 aliphatic carbocycles. The van der Waals surface area contributed by atoms with Gasteiger partial charge in [-0.25, -0.2) is 0 Å². The third kappa shape index (κ3) is 3.35. The molecule has 0 fully saturated rings. The summed E-state index contributed by atoms with van der Waals surface area (Å²) in [5.74, 6) is 0. The fraction of sp³-hybridized carbons (Fsp3) is 0.286. The molecule has 0 radical (unpaired) electrons. The lowest BCUT2D eigenvalue weighted by Crippen LogP contribution is -2.22. The Morgan fingerprint density at radius 3 is 2.44 bits per heavy atom. The van der Waals surface area contributed by atoms with Crippen molar-refractivity contribution in [3.8, 4) is 0 Å². The third-order valence-electron chi connectivity index (χ3n) is 2.89. The highest BCUT2D eigenvalue weighted by Crippen LogP contribution is 2.30. The molecule has 0 bridgehead atoms. The van der Waals surface area contributed by atoms with Gasteiger partial charge in [0.2, 0.25) is 0 Å². The third-order valence-corrected chi connectivity index (χ3v) is 5.04. The SMILES string of the molecule is CC(N[C@H](C)c1ccccc1Cl)c1ccc(Br)s1. The van der Waals surface area contributed by atoms with Crippen LogP contribution in [0.4, 0.5) is 0 Å². The lowest BCUT2D eigenvalue weighted by atomic mass is 10.1. The van der Waals surface area contributed by atoms with Gasteiger partial charge in [-0.1, -0.05) is 29.8 Å². The van der Waals surface area contributed by atoms with Gasteiger partial charge < -0.3 is 5.32 Å². The molecule has 0 saturated heterocycles. The smallest absolute Gasteiger partial charge is 0.0701 e. The molecule has 1 nitrogen and oxygen atoms in total. The van der Waals surface area contributed by atoms with Crippen LogP contribution in [0.5, 0.6) is 0 Å². The van der Waals surface area contributed by atoms with Crippen molar-refractivity contribution < 1.29 is 0 Å². The van der Waals surface area contributed by atoms with E-state index in [1.807, 2.05) is 18.2 Å². The van der Waals surface area contributed by atoms with E-state index >= 15 is 0 Å². The number of halogens is 2. The van der Waals surface area contributed by atoms with Crippen molar-refractivity contribution in [3.63, 3.8) is 0 Å². The normalized spacial score (nSPS) is 14.4. The Hall–Kier alpha value is -0.350. The summed E-state index contributed by atoms with van der Waals surface area (Å²) in [6.07, 6.45) is 0. The number of benzene rings is 1. The molecule has 2 aromatic rings. The first-order valence-electron chi connectivity index (χ1n) is 5.83. The van der Waals surface area contributed by atoms with Gasteiger partial charge in [0, 0.05) is 22.0 Å². The Kier molecular flexibility index (Phi) is 4.84. The molecule has 1 aromatic carbocycles. The Bertz CT molecular complexity index is 526. The summed E-state index contributed by atoms with van der Waals surface area (Å²) in [5, 5.41) is 4.39. The molecule has 2 rings (SSSR count). The van der Waals surface area contributed by atoms with Gasteiger partial charge in [-0.3, -0.25) is 0 Å². The number of nitrogens with one attached hydrogen (secondary N) is 1. The van der Waals surface area contributed by atoms with Gasteiger partial charge in [0.15, 0.2) is 0 Å². The summed E-state index contributed by atoms with van der Waals surface area (Å²) >= 11 is 11.5. The van der Waals surface area contributed by atoms with Gasteiger partial charge in [-0.15, -0.1) is 11.3 Å². The van der Waals surface area contributed by atoms with Crippen molar-refractivity contribution in [3.05, 3.63) is 55.6 Å². The number of hydrogen-bond acceptors (Lipinski definition) is 2. The standard InChI is InChI=1S/C14H15BrClNS/c1-9(11-5-3-4-6-12(11)16)17-10(2)13-7-8-14(15)18-13/h3-10,17H,1-2H3/t9-,10?/m1/s1. The molecule has 1 aromatic heterocycles. The lowest BCUT2D eigenvalue weighted by molar-refractivity contribution is 0.500. The zero-order valence-electron chi connectivity index (χ0n) is 10.3. The van der Waals surface area contributed by atoms with E-state index < -0.39 is 0 Å². The van der Waals surface area contributed by atoms with Crippen molar-refractivity contribution in [2.45, 2.75) is 25.9 Å². The Morgan fingerprint density at radius 1 is 1.11 bits per heavy atom. The van der Waals surface area contributed by atoms with Crippen LogP contribution >= 0.6 is 38.9 Å². The first kappa shape index (κ1) is 14.1. The maximum Gasteiger partial charge on any atom is 0.0701 e. The van der Waals surface area contributed by atoms with Crippen molar-refractivity contribution in [2.75, 3.05) is 0 Å². The van der Waals surface area contributed by atoms with Crippen LogP contribution in [-0.4, -0.2) is 0 Å².